The fourth-order valence-electron chi connectivity index (χ4n) is 4.51. The van der Waals surface area contributed by atoms with Gasteiger partial charge in [-0.15, -0.1) is 0 Å². The van der Waals surface area contributed by atoms with Crippen molar-refractivity contribution in [2.75, 3.05) is 12.3 Å². The molecule has 0 aromatic rings. The highest BCUT2D eigenvalue weighted by atomic mass is 32.2. The van der Waals surface area contributed by atoms with Crippen LogP contribution in [0.5, 0.6) is 0 Å². The average molecular weight is 421 g/mol. The number of hydrogen-bond donors (Lipinski definition) is 3. The molecule has 8 nitrogen and oxygen atoms in total. The number of sulfonamides is 1. The molecule has 28 heavy (non-hydrogen) atoms. The Morgan fingerprint density at radius 3 is 2.50 bits per heavy atom. The molecule has 1 heterocycles. The van der Waals surface area contributed by atoms with E-state index in [-0.39, 0.29) is 0 Å². The number of rotatable bonds is 9. The third-order valence-electron chi connectivity index (χ3n) is 5.84. The molecule has 0 bridgehead atoms. The van der Waals surface area contributed by atoms with Crippen molar-refractivity contribution in [2.45, 2.75) is 96.1 Å². The molecule has 3 N–H and O–H groups in total. The number of nitrogens with zero attached hydrogens (tertiary/aromatic N) is 1. The van der Waals surface area contributed by atoms with Crippen molar-refractivity contribution in [3.05, 3.63) is 0 Å². The zero-order valence-electron chi connectivity index (χ0n) is 17.3. The van der Waals surface area contributed by atoms with Gasteiger partial charge in [0.2, 0.25) is 10.0 Å². The predicted octanol–water partition coefficient (Wildman–Crippen LogP) is 2.52. The van der Waals surface area contributed by atoms with Crippen LogP contribution in [0.25, 0.3) is 0 Å². The molecular weight excluding hydrogens is 384 g/mol. The Bertz CT molecular complexity index is 618. The number of aliphatic hydroxyl groups excluding tert-OH is 1. The smallest absolute Gasteiger partial charge is 0.409 e. The molecule has 1 unspecified atom stereocenters. The van der Waals surface area contributed by atoms with Crippen molar-refractivity contribution in [1.29, 1.82) is 0 Å². The summed E-state index contributed by atoms with van der Waals surface area (Å²) in [6.45, 7) is 5.59. The maximum atomic E-state index is 12.3. The average Bonchev–Trinajstić information content (AvgIpc) is 2.86. The number of unbranched alkanes of at least 4 members (excludes halogenated alkanes) is 1. The molecule has 9 heteroatoms. The molecule has 2 aliphatic rings. The highest BCUT2D eigenvalue weighted by molar-refractivity contribution is 7.89. The second kappa shape index (κ2) is 9.73. The number of aliphatic hydroxyl groups is 1. The molecule has 1 amide bonds. The van der Waals surface area contributed by atoms with E-state index in [1.807, 2.05) is 6.92 Å². The third kappa shape index (κ3) is 6.05. The van der Waals surface area contributed by atoms with Crippen LogP contribution in [0.4, 0.5) is 4.79 Å². The maximum Gasteiger partial charge on any atom is 0.409 e. The normalized spacial score (nSPS) is 27.1. The van der Waals surface area contributed by atoms with Crippen LogP contribution < -0.4 is 4.72 Å². The Kier molecular flexibility index (Phi) is 8.13. The highest BCUT2D eigenvalue weighted by Gasteiger charge is 2.53. The van der Waals surface area contributed by atoms with E-state index in [2.05, 4.69) is 4.72 Å². The van der Waals surface area contributed by atoms with Gasteiger partial charge in [-0.05, 0) is 32.6 Å². The van der Waals surface area contributed by atoms with Gasteiger partial charge in [0.05, 0.1) is 17.9 Å². The number of ether oxygens (including phenoxy) is 1. The van der Waals surface area contributed by atoms with E-state index in [1.54, 1.807) is 13.8 Å². The van der Waals surface area contributed by atoms with Crippen LogP contribution >= 0.6 is 0 Å². The summed E-state index contributed by atoms with van der Waals surface area (Å²) < 4.78 is 33.0. The predicted molar refractivity (Wildman–Crippen MR) is 107 cm³/mol. The lowest BCUT2D eigenvalue weighted by atomic mass is 9.83. The zero-order valence-corrected chi connectivity index (χ0v) is 18.1. The van der Waals surface area contributed by atoms with Crippen LogP contribution in [0, 0.1) is 5.92 Å². The van der Waals surface area contributed by atoms with Gasteiger partial charge in [-0.1, -0.05) is 45.4 Å². The van der Waals surface area contributed by atoms with Crippen molar-refractivity contribution in [2.24, 2.45) is 5.92 Å². The summed E-state index contributed by atoms with van der Waals surface area (Å²) in [5.41, 5.74) is -1.11. The minimum atomic E-state index is -3.67. The Morgan fingerprint density at radius 1 is 1.29 bits per heavy atom. The van der Waals surface area contributed by atoms with Gasteiger partial charge < -0.3 is 14.9 Å². The molecule has 164 valence electrons. The molecular formula is C19H36N2O6S. The summed E-state index contributed by atoms with van der Waals surface area (Å²) in [6.07, 6.45) is 4.40. The van der Waals surface area contributed by atoms with Crippen LogP contribution in [0.2, 0.25) is 0 Å². The van der Waals surface area contributed by atoms with Gasteiger partial charge in [0, 0.05) is 6.54 Å². The molecule has 2 fully saturated rings. The molecule has 0 spiro atoms. The number of carboxylic acid groups (broad SMARTS) is 1. The molecule has 1 aliphatic heterocycles. The van der Waals surface area contributed by atoms with Crippen LogP contribution in [-0.2, 0) is 14.8 Å². The maximum absolute atomic E-state index is 12.3. The first kappa shape index (κ1) is 23.4. The third-order valence-corrected chi connectivity index (χ3v) is 7.27. The van der Waals surface area contributed by atoms with E-state index in [1.165, 1.54) is 11.3 Å². The van der Waals surface area contributed by atoms with Gasteiger partial charge in [0.1, 0.15) is 11.8 Å². The van der Waals surface area contributed by atoms with Crippen LogP contribution in [-0.4, -0.2) is 65.9 Å². The molecule has 0 aromatic heterocycles. The first-order valence-corrected chi connectivity index (χ1v) is 12.1. The Balaban J connectivity index is 2.14. The van der Waals surface area contributed by atoms with Gasteiger partial charge in [-0.25, -0.2) is 17.9 Å². The van der Waals surface area contributed by atoms with Crippen LogP contribution in [0.1, 0.15) is 72.1 Å². The molecule has 0 aromatic carbocycles. The number of carbonyl (C=O) groups is 1. The van der Waals surface area contributed by atoms with Crippen molar-refractivity contribution in [1.82, 2.24) is 9.62 Å². The van der Waals surface area contributed by atoms with Crippen LogP contribution in [0.3, 0.4) is 0 Å². The van der Waals surface area contributed by atoms with Gasteiger partial charge in [-0.2, -0.15) is 0 Å². The zero-order chi connectivity index (χ0) is 20.9. The monoisotopic (exact) mass is 420 g/mol. The topological polar surface area (TPSA) is 116 Å². The van der Waals surface area contributed by atoms with Crippen molar-refractivity contribution >= 4 is 16.1 Å². The number of amides is 1. The van der Waals surface area contributed by atoms with Crippen LogP contribution in [0.15, 0.2) is 0 Å². The fourth-order valence-corrected chi connectivity index (χ4v) is 5.72. The minimum Gasteiger partial charge on any atom is -0.465 e. The summed E-state index contributed by atoms with van der Waals surface area (Å²) in [5, 5.41) is 20.5. The van der Waals surface area contributed by atoms with Gasteiger partial charge in [0.25, 0.3) is 0 Å². The van der Waals surface area contributed by atoms with Gasteiger partial charge >= 0.3 is 6.09 Å². The largest absolute Gasteiger partial charge is 0.465 e. The summed E-state index contributed by atoms with van der Waals surface area (Å²) >= 11 is 0. The van der Waals surface area contributed by atoms with Crippen molar-refractivity contribution < 1.29 is 28.2 Å². The molecule has 2 rings (SSSR count). The van der Waals surface area contributed by atoms with Gasteiger partial charge in [-0.3, -0.25) is 4.90 Å². The quantitative estimate of drug-likeness (QED) is 0.494. The molecule has 1 aliphatic carbocycles. The van der Waals surface area contributed by atoms with Crippen molar-refractivity contribution in [3.63, 3.8) is 0 Å². The highest BCUT2D eigenvalue weighted by Crippen LogP contribution is 2.39. The van der Waals surface area contributed by atoms with E-state index in [9.17, 15) is 23.4 Å². The lowest BCUT2D eigenvalue weighted by Crippen LogP contribution is -2.50. The van der Waals surface area contributed by atoms with E-state index in [4.69, 9.17) is 4.74 Å². The SMILES string of the molecule is CCCCNS(=O)(=O)CC(O)[C@@H]1OC(C)(C)N(C(=O)O)[C@H]1CC1CCCCC1. The molecule has 3 atom stereocenters. The standard InChI is InChI=1S/C19H36N2O6S/c1-4-5-11-20-28(25,26)13-16(22)17-15(12-14-9-7-6-8-10-14)21(18(23)24)19(2,3)27-17/h14-17,20,22H,4-13H2,1-3H3,(H,23,24)/t15-,16?,17+/m0/s1. The van der Waals surface area contributed by atoms with E-state index >= 15 is 0 Å². The fraction of sp³-hybridized carbons (Fsp3) is 0.947. The first-order chi connectivity index (χ1) is 13.1. The Hall–Kier alpha value is -0.900. The second-order valence-corrected chi connectivity index (χ2v) is 10.4. The Morgan fingerprint density at radius 2 is 1.93 bits per heavy atom. The summed E-state index contributed by atoms with van der Waals surface area (Å²) in [4.78, 5) is 13.2. The lowest BCUT2D eigenvalue weighted by molar-refractivity contribution is -0.0933. The first-order valence-electron chi connectivity index (χ1n) is 10.4. The van der Waals surface area contributed by atoms with Crippen molar-refractivity contribution in [3.8, 4) is 0 Å². The minimum absolute atomic E-state index is 0.329. The van der Waals surface area contributed by atoms with E-state index in [0.29, 0.717) is 18.9 Å². The number of nitrogens with one attached hydrogen (secondary N) is 1. The molecule has 1 saturated carbocycles. The Labute approximate surface area is 168 Å². The van der Waals surface area contributed by atoms with E-state index < -0.39 is 45.8 Å². The van der Waals surface area contributed by atoms with Gasteiger partial charge in [0.15, 0.2) is 0 Å². The number of hydrogen-bond acceptors (Lipinski definition) is 5. The van der Waals surface area contributed by atoms with E-state index in [0.717, 1.165) is 38.5 Å². The molecule has 0 radical (unpaired) electrons. The summed E-state index contributed by atoms with van der Waals surface area (Å²) in [5.74, 6) is -0.126. The second-order valence-electron chi connectivity index (χ2n) is 8.59. The summed E-state index contributed by atoms with van der Waals surface area (Å²) in [7, 11) is -3.67. The lowest BCUT2D eigenvalue weighted by Gasteiger charge is -2.34. The summed E-state index contributed by atoms with van der Waals surface area (Å²) in [6, 6.07) is -0.559. The molecule has 1 saturated heterocycles.